The standard InChI is InChI=1S/C16H21ClN2O3/c1-22-15(20)9-10-19(14-7-2-3-8-14)16(21)18-13-6-4-5-12(17)11-13/h4-6,11,14H,2-3,7-10H2,1H3,(H,18,21). The molecular weight excluding hydrogens is 304 g/mol. The van der Waals surface area contributed by atoms with Gasteiger partial charge in [-0.3, -0.25) is 4.79 Å². The fourth-order valence-corrected chi connectivity index (χ4v) is 2.93. The molecule has 0 heterocycles. The van der Waals surface area contributed by atoms with Crippen molar-refractivity contribution < 1.29 is 14.3 Å². The number of carbonyl (C=O) groups excluding carboxylic acids is 2. The van der Waals surface area contributed by atoms with Crippen LogP contribution in [0.4, 0.5) is 10.5 Å². The average molecular weight is 325 g/mol. The molecule has 1 aliphatic rings. The number of anilines is 1. The number of hydrogen-bond acceptors (Lipinski definition) is 3. The Bertz CT molecular complexity index is 530. The molecule has 6 heteroatoms. The van der Waals surface area contributed by atoms with Crippen molar-refractivity contribution in [3.8, 4) is 0 Å². The molecule has 0 aromatic heterocycles. The van der Waals surface area contributed by atoms with Gasteiger partial charge >= 0.3 is 12.0 Å². The molecule has 0 saturated heterocycles. The van der Waals surface area contributed by atoms with Crippen molar-refractivity contribution in [2.24, 2.45) is 0 Å². The third kappa shape index (κ3) is 4.63. The number of rotatable bonds is 5. The Labute approximate surface area is 135 Å². The van der Waals surface area contributed by atoms with Gasteiger partial charge in [-0.2, -0.15) is 0 Å². The summed E-state index contributed by atoms with van der Waals surface area (Å²) in [5, 5.41) is 3.42. The molecule has 2 rings (SSSR count). The fourth-order valence-electron chi connectivity index (χ4n) is 2.74. The summed E-state index contributed by atoms with van der Waals surface area (Å²) in [5.41, 5.74) is 0.651. The van der Waals surface area contributed by atoms with Gasteiger partial charge in [0.1, 0.15) is 0 Å². The van der Waals surface area contributed by atoms with Gasteiger partial charge in [-0.1, -0.05) is 30.5 Å². The lowest BCUT2D eigenvalue weighted by molar-refractivity contribution is -0.140. The Kier molecular flexibility index (Phi) is 6.07. The summed E-state index contributed by atoms with van der Waals surface area (Å²) in [7, 11) is 1.36. The number of urea groups is 1. The lowest BCUT2D eigenvalue weighted by Gasteiger charge is -2.28. The predicted octanol–water partition coefficient (Wildman–Crippen LogP) is 3.68. The van der Waals surface area contributed by atoms with E-state index in [0.29, 0.717) is 17.3 Å². The SMILES string of the molecule is COC(=O)CCN(C(=O)Nc1cccc(Cl)c1)C1CCCC1. The number of halogens is 1. The smallest absolute Gasteiger partial charge is 0.322 e. The lowest BCUT2D eigenvalue weighted by atomic mass is 10.2. The number of benzene rings is 1. The Hall–Kier alpha value is -1.75. The largest absolute Gasteiger partial charge is 0.469 e. The van der Waals surface area contributed by atoms with E-state index in [0.717, 1.165) is 25.7 Å². The van der Waals surface area contributed by atoms with Gasteiger partial charge in [-0.25, -0.2) is 4.79 Å². The minimum atomic E-state index is -0.307. The Morgan fingerprint density at radius 2 is 2.09 bits per heavy atom. The van der Waals surface area contributed by atoms with Crippen LogP contribution in [0.1, 0.15) is 32.1 Å². The summed E-state index contributed by atoms with van der Waals surface area (Å²) >= 11 is 5.93. The molecule has 0 aliphatic heterocycles. The molecule has 1 aromatic rings. The Balaban J connectivity index is 2.02. The van der Waals surface area contributed by atoms with E-state index in [-0.39, 0.29) is 24.5 Å². The zero-order valence-corrected chi connectivity index (χ0v) is 13.4. The van der Waals surface area contributed by atoms with Crippen molar-refractivity contribution in [2.75, 3.05) is 19.0 Å². The summed E-state index contributed by atoms with van der Waals surface area (Å²) in [4.78, 5) is 25.6. The first kappa shape index (κ1) is 16.6. The van der Waals surface area contributed by atoms with Crippen LogP contribution in [0.5, 0.6) is 0 Å². The lowest BCUT2D eigenvalue weighted by Crippen LogP contribution is -2.42. The summed E-state index contributed by atoms with van der Waals surface area (Å²) in [5.74, 6) is -0.307. The van der Waals surface area contributed by atoms with Crippen LogP contribution >= 0.6 is 11.6 Å². The molecular formula is C16H21ClN2O3. The maximum Gasteiger partial charge on any atom is 0.322 e. The number of methoxy groups -OCH3 is 1. The number of esters is 1. The summed E-state index contributed by atoms with van der Waals surface area (Å²) in [6.07, 6.45) is 4.39. The van der Waals surface area contributed by atoms with E-state index in [1.807, 2.05) is 0 Å². The van der Waals surface area contributed by atoms with E-state index in [1.54, 1.807) is 29.2 Å². The third-order valence-electron chi connectivity index (χ3n) is 3.89. The highest BCUT2D eigenvalue weighted by atomic mass is 35.5. The van der Waals surface area contributed by atoms with Crippen LogP contribution in [0.25, 0.3) is 0 Å². The first-order chi connectivity index (χ1) is 10.6. The van der Waals surface area contributed by atoms with Crippen molar-refractivity contribution in [1.82, 2.24) is 4.90 Å². The van der Waals surface area contributed by atoms with Crippen LogP contribution in [-0.4, -0.2) is 36.6 Å². The Morgan fingerprint density at radius 1 is 1.36 bits per heavy atom. The number of nitrogens with zero attached hydrogens (tertiary/aromatic N) is 1. The highest BCUT2D eigenvalue weighted by molar-refractivity contribution is 6.30. The second-order valence-electron chi connectivity index (χ2n) is 5.40. The van der Waals surface area contributed by atoms with E-state index in [9.17, 15) is 9.59 Å². The van der Waals surface area contributed by atoms with Crippen molar-refractivity contribution >= 4 is 29.3 Å². The van der Waals surface area contributed by atoms with Gasteiger partial charge in [0.2, 0.25) is 0 Å². The van der Waals surface area contributed by atoms with Crippen LogP contribution < -0.4 is 5.32 Å². The van der Waals surface area contributed by atoms with Crippen molar-refractivity contribution in [3.05, 3.63) is 29.3 Å². The maximum absolute atomic E-state index is 12.5. The van der Waals surface area contributed by atoms with Crippen LogP contribution in [0.2, 0.25) is 5.02 Å². The zero-order chi connectivity index (χ0) is 15.9. The molecule has 2 amide bonds. The molecule has 22 heavy (non-hydrogen) atoms. The van der Waals surface area contributed by atoms with Gasteiger partial charge in [0.05, 0.1) is 13.5 Å². The summed E-state index contributed by atoms with van der Waals surface area (Å²) < 4.78 is 4.66. The molecule has 0 unspecified atom stereocenters. The molecule has 0 bridgehead atoms. The quantitative estimate of drug-likeness (QED) is 0.840. The van der Waals surface area contributed by atoms with Gasteiger partial charge in [-0.15, -0.1) is 0 Å². The zero-order valence-electron chi connectivity index (χ0n) is 12.7. The number of hydrogen-bond donors (Lipinski definition) is 1. The molecule has 0 radical (unpaired) electrons. The van der Waals surface area contributed by atoms with Gasteiger partial charge in [-0.05, 0) is 31.0 Å². The van der Waals surface area contributed by atoms with E-state index in [2.05, 4.69) is 10.1 Å². The van der Waals surface area contributed by atoms with Gasteiger partial charge < -0.3 is 15.0 Å². The summed E-state index contributed by atoms with van der Waals surface area (Å²) in [6.45, 7) is 0.365. The first-order valence-corrected chi connectivity index (χ1v) is 7.88. The first-order valence-electron chi connectivity index (χ1n) is 7.50. The number of ether oxygens (including phenoxy) is 1. The molecule has 1 fully saturated rings. The van der Waals surface area contributed by atoms with Crippen molar-refractivity contribution in [3.63, 3.8) is 0 Å². The van der Waals surface area contributed by atoms with E-state index >= 15 is 0 Å². The number of carbonyl (C=O) groups is 2. The van der Waals surface area contributed by atoms with Crippen LogP contribution in [0, 0.1) is 0 Å². The van der Waals surface area contributed by atoms with Gasteiger partial charge in [0, 0.05) is 23.3 Å². The molecule has 0 spiro atoms. The van der Waals surface area contributed by atoms with Crippen molar-refractivity contribution in [2.45, 2.75) is 38.1 Å². The van der Waals surface area contributed by atoms with Crippen molar-refractivity contribution in [1.29, 1.82) is 0 Å². The minimum absolute atomic E-state index is 0.184. The minimum Gasteiger partial charge on any atom is -0.469 e. The molecule has 1 aromatic carbocycles. The predicted molar refractivity (Wildman–Crippen MR) is 86.1 cm³/mol. The number of amides is 2. The van der Waals surface area contributed by atoms with Gasteiger partial charge in [0.25, 0.3) is 0 Å². The second-order valence-corrected chi connectivity index (χ2v) is 5.83. The fraction of sp³-hybridized carbons (Fsp3) is 0.500. The normalized spacial score (nSPS) is 14.6. The second kappa shape index (κ2) is 8.03. The molecule has 1 aliphatic carbocycles. The van der Waals surface area contributed by atoms with Crippen LogP contribution in [0.15, 0.2) is 24.3 Å². The maximum atomic E-state index is 12.5. The molecule has 1 N–H and O–H groups in total. The highest BCUT2D eigenvalue weighted by Crippen LogP contribution is 2.25. The average Bonchev–Trinajstić information content (AvgIpc) is 3.01. The molecule has 0 atom stereocenters. The van der Waals surface area contributed by atoms with E-state index in [1.165, 1.54) is 7.11 Å². The van der Waals surface area contributed by atoms with Crippen LogP contribution in [-0.2, 0) is 9.53 Å². The summed E-state index contributed by atoms with van der Waals surface area (Å²) in [6, 6.07) is 7.01. The molecule has 120 valence electrons. The Morgan fingerprint density at radius 3 is 2.73 bits per heavy atom. The highest BCUT2D eigenvalue weighted by Gasteiger charge is 2.27. The van der Waals surface area contributed by atoms with E-state index < -0.39 is 0 Å². The monoisotopic (exact) mass is 324 g/mol. The van der Waals surface area contributed by atoms with Gasteiger partial charge in [0.15, 0.2) is 0 Å². The topological polar surface area (TPSA) is 58.6 Å². The number of nitrogens with one attached hydrogen (secondary N) is 1. The van der Waals surface area contributed by atoms with E-state index in [4.69, 9.17) is 11.6 Å². The molecule has 1 saturated carbocycles. The van der Waals surface area contributed by atoms with Crippen LogP contribution in [0.3, 0.4) is 0 Å². The third-order valence-corrected chi connectivity index (χ3v) is 4.12. The molecule has 5 nitrogen and oxygen atoms in total.